The first kappa shape index (κ1) is 9.21. The van der Waals surface area contributed by atoms with Gasteiger partial charge in [-0.15, -0.1) is 0 Å². The Hall–Kier alpha value is -2.04. The molecule has 3 rings (SSSR count). The zero-order valence-electron chi connectivity index (χ0n) is 8.62. The molecule has 2 heterocycles. The predicted octanol–water partition coefficient (Wildman–Crippen LogP) is 1.26. The van der Waals surface area contributed by atoms with Gasteiger partial charge in [0.15, 0.2) is 5.76 Å². The lowest BCUT2D eigenvalue weighted by Crippen LogP contribution is -2.11. The van der Waals surface area contributed by atoms with Gasteiger partial charge >= 0.3 is 0 Å². The highest BCUT2D eigenvalue weighted by atomic mass is 16.5. The molecule has 3 N–H and O–H groups in total. The van der Waals surface area contributed by atoms with Crippen molar-refractivity contribution in [1.82, 2.24) is 10.1 Å². The summed E-state index contributed by atoms with van der Waals surface area (Å²) < 4.78 is 5.23. The van der Waals surface area contributed by atoms with Crippen molar-refractivity contribution in [1.29, 1.82) is 0 Å². The fourth-order valence-electron chi connectivity index (χ4n) is 2.22. The van der Waals surface area contributed by atoms with E-state index in [1.165, 1.54) is 0 Å². The van der Waals surface area contributed by atoms with Crippen LogP contribution in [-0.2, 0) is 12.8 Å². The predicted molar refractivity (Wildman–Crippen MR) is 56.8 cm³/mol. The Morgan fingerprint density at radius 2 is 2.38 bits per heavy atom. The minimum atomic E-state index is -0.443. The number of aromatic amines is 1. The molecule has 1 aliphatic carbocycles. The number of carbonyl (C=O) groups excluding carboxylic acids is 1. The minimum absolute atomic E-state index is 0.443. The quantitative estimate of drug-likeness (QED) is 0.754. The van der Waals surface area contributed by atoms with Gasteiger partial charge in [-0.05, 0) is 19.3 Å². The second kappa shape index (κ2) is 3.23. The summed E-state index contributed by atoms with van der Waals surface area (Å²) in [6.45, 7) is 0. The van der Waals surface area contributed by atoms with Crippen molar-refractivity contribution in [2.45, 2.75) is 19.3 Å². The van der Waals surface area contributed by atoms with Gasteiger partial charge in [0, 0.05) is 17.5 Å². The van der Waals surface area contributed by atoms with Gasteiger partial charge < -0.3 is 15.2 Å². The van der Waals surface area contributed by atoms with Crippen LogP contribution in [0.1, 0.15) is 28.0 Å². The van der Waals surface area contributed by atoms with Crippen LogP contribution in [0.2, 0.25) is 0 Å². The van der Waals surface area contributed by atoms with E-state index < -0.39 is 5.91 Å². The molecular weight excluding hydrogens is 206 g/mol. The summed E-state index contributed by atoms with van der Waals surface area (Å²) in [4.78, 5) is 14.4. The molecule has 0 saturated heterocycles. The summed E-state index contributed by atoms with van der Waals surface area (Å²) in [5.74, 6) is 0.240. The van der Waals surface area contributed by atoms with E-state index in [4.69, 9.17) is 10.3 Å². The number of carbonyl (C=O) groups is 1. The van der Waals surface area contributed by atoms with Crippen LogP contribution in [0.25, 0.3) is 11.3 Å². The second-order valence-electron chi connectivity index (χ2n) is 3.95. The summed E-state index contributed by atoms with van der Waals surface area (Å²) in [5, 5.41) is 3.78. The summed E-state index contributed by atoms with van der Waals surface area (Å²) in [5.41, 5.74) is 8.66. The number of primary amides is 1. The van der Waals surface area contributed by atoms with E-state index in [-0.39, 0.29) is 0 Å². The number of hydrogen-bond donors (Lipinski definition) is 2. The number of hydrogen-bond acceptors (Lipinski definition) is 3. The lowest BCUT2D eigenvalue weighted by molar-refractivity contribution is 0.100. The summed E-state index contributed by atoms with van der Waals surface area (Å²) in [7, 11) is 0. The molecule has 16 heavy (non-hydrogen) atoms. The van der Waals surface area contributed by atoms with Gasteiger partial charge in [-0.1, -0.05) is 5.16 Å². The maximum absolute atomic E-state index is 11.3. The largest absolute Gasteiger partial charge is 0.366 e. The van der Waals surface area contributed by atoms with Crippen LogP contribution in [0.15, 0.2) is 16.9 Å². The normalized spacial score (nSPS) is 14.0. The van der Waals surface area contributed by atoms with Gasteiger partial charge in [0.25, 0.3) is 5.91 Å². The molecule has 0 unspecified atom stereocenters. The van der Waals surface area contributed by atoms with Gasteiger partial charge in [-0.25, -0.2) is 0 Å². The molecular formula is C11H11N3O2. The highest BCUT2D eigenvalue weighted by Gasteiger charge is 2.24. The first-order chi connectivity index (χ1) is 7.77. The van der Waals surface area contributed by atoms with Crippen LogP contribution < -0.4 is 5.73 Å². The molecule has 0 aliphatic heterocycles. The minimum Gasteiger partial charge on any atom is -0.366 e. The highest BCUT2D eigenvalue weighted by molar-refractivity contribution is 6.00. The topological polar surface area (TPSA) is 84.9 Å². The van der Waals surface area contributed by atoms with Crippen molar-refractivity contribution in [3.8, 4) is 11.3 Å². The standard InChI is InChI=1S/C11H11N3O2/c12-11(15)7-5-13-8-3-1-2-6-4-14-16-10(6)9(7)8/h4-5,13H,1-3H2,(H2,12,15). The number of nitrogens with zero attached hydrogens (tertiary/aromatic N) is 1. The zero-order valence-corrected chi connectivity index (χ0v) is 8.62. The van der Waals surface area contributed by atoms with Gasteiger partial charge in [-0.2, -0.15) is 0 Å². The van der Waals surface area contributed by atoms with Gasteiger partial charge in [0.2, 0.25) is 0 Å². The average molecular weight is 217 g/mol. The van der Waals surface area contributed by atoms with E-state index in [2.05, 4.69) is 10.1 Å². The molecule has 0 bridgehead atoms. The summed E-state index contributed by atoms with van der Waals surface area (Å²) in [6.07, 6.45) is 6.18. The lowest BCUT2D eigenvalue weighted by Gasteiger charge is -1.99. The maximum atomic E-state index is 11.3. The Bertz CT molecular complexity index is 553. The van der Waals surface area contributed by atoms with Crippen LogP contribution in [0.3, 0.4) is 0 Å². The lowest BCUT2D eigenvalue weighted by atomic mass is 10.1. The molecule has 0 atom stereocenters. The molecule has 1 aliphatic rings. The number of amides is 1. The Kier molecular flexibility index (Phi) is 1.86. The maximum Gasteiger partial charge on any atom is 0.250 e. The molecule has 2 aromatic rings. The Labute approximate surface area is 91.6 Å². The third kappa shape index (κ3) is 1.18. The molecule has 0 fully saturated rings. The highest BCUT2D eigenvalue weighted by Crippen LogP contribution is 2.34. The SMILES string of the molecule is NC(=O)c1c[nH]c2c1-c1oncc1CCC2. The molecule has 2 aromatic heterocycles. The molecule has 1 amide bonds. The molecule has 0 spiro atoms. The Morgan fingerprint density at radius 3 is 3.19 bits per heavy atom. The van der Waals surface area contributed by atoms with Crippen molar-refractivity contribution in [2.75, 3.05) is 0 Å². The number of fused-ring (bicyclic) bond motifs is 3. The number of H-pyrrole nitrogens is 1. The first-order valence-corrected chi connectivity index (χ1v) is 5.21. The monoisotopic (exact) mass is 217 g/mol. The molecule has 0 aromatic carbocycles. The first-order valence-electron chi connectivity index (χ1n) is 5.21. The molecule has 0 radical (unpaired) electrons. The van der Waals surface area contributed by atoms with Gasteiger partial charge in [0.1, 0.15) is 0 Å². The number of nitrogens with two attached hydrogens (primary N) is 1. The summed E-state index contributed by atoms with van der Waals surface area (Å²) >= 11 is 0. The van der Waals surface area contributed by atoms with E-state index in [1.807, 2.05) is 0 Å². The fourth-order valence-corrected chi connectivity index (χ4v) is 2.22. The molecule has 0 saturated carbocycles. The van der Waals surface area contributed by atoms with Gasteiger partial charge in [-0.3, -0.25) is 4.79 Å². The smallest absolute Gasteiger partial charge is 0.250 e. The molecule has 82 valence electrons. The Balaban J connectivity index is 2.28. The van der Waals surface area contributed by atoms with Crippen molar-refractivity contribution in [3.05, 3.63) is 29.2 Å². The number of rotatable bonds is 1. The van der Waals surface area contributed by atoms with Crippen LogP contribution in [0.4, 0.5) is 0 Å². The van der Waals surface area contributed by atoms with E-state index in [0.29, 0.717) is 11.3 Å². The molecule has 5 nitrogen and oxygen atoms in total. The van der Waals surface area contributed by atoms with Crippen molar-refractivity contribution in [3.63, 3.8) is 0 Å². The van der Waals surface area contributed by atoms with E-state index >= 15 is 0 Å². The van der Waals surface area contributed by atoms with Crippen molar-refractivity contribution < 1.29 is 9.32 Å². The van der Waals surface area contributed by atoms with Crippen LogP contribution in [0.5, 0.6) is 0 Å². The second-order valence-corrected chi connectivity index (χ2v) is 3.95. The number of aryl methyl sites for hydroxylation is 2. The van der Waals surface area contributed by atoms with Crippen LogP contribution in [-0.4, -0.2) is 16.0 Å². The third-order valence-electron chi connectivity index (χ3n) is 2.97. The van der Waals surface area contributed by atoms with Crippen molar-refractivity contribution in [2.24, 2.45) is 5.73 Å². The Morgan fingerprint density at radius 1 is 1.50 bits per heavy atom. The molecule has 5 heteroatoms. The van der Waals surface area contributed by atoms with E-state index in [0.717, 1.165) is 36.1 Å². The summed E-state index contributed by atoms with van der Waals surface area (Å²) in [6, 6.07) is 0. The third-order valence-corrected chi connectivity index (χ3v) is 2.97. The average Bonchev–Trinajstić information content (AvgIpc) is 2.82. The fraction of sp³-hybridized carbons (Fsp3) is 0.273. The van der Waals surface area contributed by atoms with E-state index in [1.54, 1.807) is 12.4 Å². The van der Waals surface area contributed by atoms with Crippen LogP contribution >= 0.6 is 0 Å². The van der Waals surface area contributed by atoms with E-state index in [9.17, 15) is 4.79 Å². The zero-order chi connectivity index (χ0) is 11.1. The van der Waals surface area contributed by atoms with Crippen LogP contribution in [0, 0.1) is 0 Å². The van der Waals surface area contributed by atoms with Gasteiger partial charge in [0.05, 0.1) is 17.3 Å². The van der Waals surface area contributed by atoms with Crippen molar-refractivity contribution >= 4 is 5.91 Å². The number of nitrogens with one attached hydrogen (secondary N) is 1. The number of aromatic nitrogens is 2.